The Hall–Kier alpha value is -1.57. The second-order valence-electron chi connectivity index (χ2n) is 4.70. The van der Waals surface area contributed by atoms with Gasteiger partial charge in [0.2, 0.25) is 0 Å². The van der Waals surface area contributed by atoms with Gasteiger partial charge in [-0.05, 0) is 24.5 Å². The van der Waals surface area contributed by atoms with Crippen LogP contribution in [0, 0.1) is 11.3 Å². The Bertz CT molecular complexity index is 559. The largest absolute Gasteiger partial charge is 0.378 e. The van der Waals surface area contributed by atoms with Crippen molar-refractivity contribution in [1.29, 1.82) is 5.26 Å². The molecule has 1 saturated heterocycles. The first-order valence-electron chi connectivity index (χ1n) is 6.61. The summed E-state index contributed by atoms with van der Waals surface area (Å²) in [6.07, 6.45) is 8.51. The summed E-state index contributed by atoms with van der Waals surface area (Å²) in [6.45, 7) is 3.40. The van der Waals surface area contributed by atoms with E-state index in [9.17, 15) is 5.26 Å². The third-order valence-corrected chi connectivity index (χ3v) is 4.74. The third kappa shape index (κ3) is 2.58. The molecule has 1 fully saturated rings. The molecule has 1 aromatic heterocycles. The van der Waals surface area contributed by atoms with Gasteiger partial charge in [0.15, 0.2) is 0 Å². The zero-order valence-corrected chi connectivity index (χ0v) is 11.6. The van der Waals surface area contributed by atoms with Crippen LogP contribution in [-0.2, 0) is 4.74 Å². The molecule has 1 aliphatic carbocycles. The van der Waals surface area contributed by atoms with Crippen LogP contribution in [0.5, 0.6) is 0 Å². The van der Waals surface area contributed by atoms with Gasteiger partial charge in [-0.3, -0.25) is 0 Å². The summed E-state index contributed by atoms with van der Waals surface area (Å²) < 4.78 is 5.38. The van der Waals surface area contributed by atoms with Crippen molar-refractivity contribution in [3.8, 4) is 6.07 Å². The number of hydrogen-bond acceptors (Lipinski definition) is 4. The molecule has 4 heteroatoms. The molecule has 2 heterocycles. The summed E-state index contributed by atoms with van der Waals surface area (Å²) in [4.78, 5) is 3.46. The van der Waals surface area contributed by atoms with Gasteiger partial charge in [0.1, 0.15) is 6.07 Å². The molecular weight excluding hydrogens is 256 g/mol. The SMILES string of the molecule is N#Cc1cc(N2CCOCC2)sc1C1=CC=CCC1. The van der Waals surface area contributed by atoms with Gasteiger partial charge in [0, 0.05) is 13.1 Å². The van der Waals surface area contributed by atoms with Gasteiger partial charge < -0.3 is 9.64 Å². The van der Waals surface area contributed by atoms with Gasteiger partial charge in [-0.25, -0.2) is 0 Å². The van der Waals surface area contributed by atoms with E-state index in [1.807, 2.05) is 6.07 Å². The fourth-order valence-electron chi connectivity index (χ4n) is 2.43. The van der Waals surface area contributed by atoms with Crippen LogP contribution < -0.4 is 4.90 Å². The Labute approximate surface area is 117 Å². The standard InChI is InChI=1S/C15H16N2OS/c16-11-13-10-14(17-6-8-18-9-7-17)19-15(13)12-4-2-1-3-5-12/h1-2,4,10H,3,5-9H2. The van der Waals surface area contributed by atoms with E-state index < -0.39 is 0 Å². The topological polar surface area (TPSA) is 36.3 Å². The molecule has 19 heavy (non-hydrogen) atoms. The van der Waals surface area contributed by atoms with Crippen LogP contribution in [-0.4, -0.2) is 26.3 Å². The number of morpholine rings is 1. The van der Waals surface area contributed by atoms with E-state index in [0.29, 0.717) is 0 Å². The van der Waals surface area contributed by atoms with Crippen molar-refractivity contribution < 1.29 is 4.74 Å². The quantitative estimate of drug-likeness (QED) is 0.829. The number of hydrogen-bond donors (Lipinski definition) is 0. The minimum Gasteiger partial charge on any atom is -0.378 e. The maximum atomic E-state index is 9.33. The van der Waals surface area contributed by atoms with Crippen LogP contribution in [0.3, 0.4) is 0 Å². The Kier molecular flexibility index (Phi) is 3.67. The minimum absolute atomic E-state index is 0.778. The minimum atomic E-state index is 0.778. The lowest BCUT2D eigenvalue weighted by atomic mass is 10.0. The van der Waals surface area contributed by atoms with Crippen LogP contribution >= 0.6 is 11.3 Å². The van der Waals surface area contributed by atoms with Gasteiger partial charge in [-0.15, -0.1) is 11.3 Å². The molecule has 2 aliphatic rings. The second kappa shape index (κ2) is 5.60. The van der Waals surface area contributed by atoms with Crippen molar-refractivity contribution in [1.82, 2.24) is 0 Å². The molecular formula is C15H16N2OS. The normalized spacial score (nSPS) is 19.1. The summed E-state index contributed by atoms with van der Waals surface area (Å²) >= 11 is 1.74. The lowest BCUT2D eigenvalue weighted by Crippen LogP contribution is -2.35. The molecule has 0 amide bonds. The van der Waals surface area contributed by atoms with E-state index in [4.69, 9.17) is 4.74 Å². The summed E-state index contributed by atoms with van der Waals surface area (Å²) in [6, 6.07) is 4.37. The Morgan fingerprint density at radius 3 is 2.84 bits per heavy atom. The summed E-state index contributed by atoms with van der Waals surface area (Å²) in [5.74, 6) is 0. The number of allylic oxidation sites excluding steroid dienone is 4. The smallest absolute Gasteiger partial charge is 0.101 e. The molecule has 3 rings (SSSR count). The Morgan fingerprint density at radius 1 is 1.32 bits per heavy atom. The van der Waals surface area contributed by atoms with Crippen molar-refractivity contribution >= 4 is 21.9 Å². The Balaban J connectivity index is 1.92. The third-order valence-electron chi connectivity index (χ3n) is 3.47. The fraction of sp³-hybridized carbons (Fsp3) is 0.400. The molecule has 0 spiro atoms. The highest BCUT2D eigenvalue weighted by atomic mass is 32.1. The monoisotopic (exact) mass is 272 g/mol. The van der Waals surface area contributed by atoms with Crippen LogP contribution in [0.1, 0.15) is 23.3 Å². The zero-order valence-electron chi connectivity index (χ0n) is 10.8. The average Bonchev–Trinajstić information content (AvgIpc) is 2.93. The Morgan fingerprint density at radius 2 is 2.16 bits per heavy atom. The van der Waals surface area contributed by atoms with Crippen LogP contribution in [0.2, 0.25) is 0 Å². The molecule has 1 aromatic rings. The molecule has 98 valence electrons. The number of anilines is 1. The molecule has 0 atom stereocenters. The van der Waals surface area contributed by atoms with Crippen molar-refractivity contribution in [2.45, 2.75) is 12.8 Å². The fourth-order valence-corrected chi connectivity index (χ4v) is 3.64. The van der Waals surface area contributed by atoms with Crippen molar-refractivity contribution in [3.63, 3.8) is 0 Å². The van der Waals surface area contributed by atoms with E-state index in [1.54, 1.807) is 11.3 Å². The highest BCUT2D eigenvalue weighted by Gasteiger charge is 2.18. The summed E-state index contributed by atoms with van der Waals surface area (Å²) in [5, 5.41) is 10.5. The average molecular weight is 272 g/mol. The molecule has 0 bridgehead atoms. The van der Waals surface area contributed by atoms with Crippen molar-refractivity contribution in [2.75, 3.05) is 31.2 Å². The molecule has 0 unspecified atom stereocenters. The first kappa shape index (κ1) is 12.5. The van der Waals surface area contributed by atoms with Crippen LogP contribution in [0.25, 0.3) is 5.57 Å². The van der Waals surface area contributed by atoms with E-state index in [0.717, 1.165) is 49.6 Å². The molecule has 0 N–H and O–H groups in total. The molecule has 0 aromatic carbocycles. The van der Waals surface area contributed by atoms with E-state index in [-0.39, 0.29) is 0 Å². The highest BCUT2D eigenvalue weighted by molar-refractivity contribution is 7.17. The lowest BCUT2D eigenvalue weighted by Gasteiger charge is -2.27. The predicted molar refractivity (Wildman–Crippen MR) is 78.4 cm³/mol. The number of nitriles is 1. The number of ether oxygens (including phenoxy) is 1. The van der Waals surface area contributed by atoms with Gasteiger partial charge in [-0.1, -0.05) is 18.2 Å². The number of thiophene rings is 1. The molecule has 3 nitrogen and oxygen atoms in total. The highest BCUT2D eigenvalue weighted by Crippen LogP contribution is 2.37. The number of nitrogens with zero attached hydrogens (tertiary/aromatic N) is 2. The van der Waals surface area contributed by atoms with Crippen LogP contribution in [0.4, 0.5) is 5.00 Å². The molecule has 1 aliphatic heterocycles. The molecule has 0 radical (unpaired) electrons. The van der Waals surface area contributed by atoms with Gasteiger partial charge in [0.05, 0.1) is 28.7 Å². The van der Waals surface area contributed by atoms with E-state index in [1.165, 1.54) is 10.6 Å². The first-order chi connectivity index (χ1) is 9.38. The summed E-state index contributed by atoms with van der Waals surface area (Å²) in [7, 11) is 0. The first-order valence-corrected chi connectivity index (χ1v) is 7.43. The van der Waals surface area contributed by atoms with Crippen molar-refractivity contribution in [2.24, 2.45) is 0 Å². The van der Waals surface area contributed by atoms with Gasteiger partial charge in [0.25, 0.3) is 0 Å². The van der Waals surface area contributed by atoms with E-state index in [2.05, 4.69) is 29.2 Å². The maximum absolute atomic E-state index is 9.33. The second-order valence-corrected chi connectivity index (χ2v) is 5.73. The van der Waals surface area contributed by atoms with Crippen molar-refractivity contribution in [3.05, 3.63) is 34.7 Å². The van der Waals surface area contributed by atoms with Crippen LogP contribution in [0.15, 0.2) is 24.3 Å². The lowest BCUT2D eigenvalue weighted by molar-refractivity contribution is 0.123. The van der Waals surface area contributed by atoms with Gasteiger partial charge >= 0.3 is 0 Å². The van der Waals surface area contributed by atoms with Gasteiger partial charge in [-0.2, -0.15) is 5.26 Å². The number of rotatable bonds is 2. The maximum Gasteiger partial charge on any atom is 0.101 e. The zero-order chi connectivity index (χ0) is 13.1. The summed E-state index contributed by atoms with van der Waals surface area (Å²) in [5.41, 5.74) is 2.11. The van der Waals surface area contributed by atoms with E-state index >= 15 is 0 Å². The predicted octanol–water partition coefficient (Wildman–Crippen LogP) is 3.19. The molecule has 0 saturated carbocycles.